The minimum Gasteiger partial charge on any atom is -0.339 e. The first kappa shape index (κ1) is 7.75. The van der Waals surface area contributed by atoms with E-state index in [9.17, 15) is 4.79 Å². The molecule has 0 aliphatic rings. The van der Waals surface area contributed by atoms with E-state index in [2.05, 4.69) is 5.32 Å². The first-order chi connectivity index (χ1) is 5.34. The Morgan fingerprint density at radius 3 is 2.55 bits per heavy atom. The molecule has 1 aromatic carbocycles. The van der Waals surface area contributed by atoms with Gasteiger partial charge in [0.1, 0.15) is 6.17 Å². The fourth-order valence-corrected chi connectivity index (χ4v) is 0.830. The summed E-state index contributed by atoms with van der Waals surface area (Å²) < 4.78 is 0. The van der Waals surface area contributed by atoms with Gasteiger partial charge in [0.2, 0.25) is 6.41 Å². The molecular formula is C8H10N2O. The van der Waals surface area contributed by atoms with Crippen molar-refractivity contribution in [3.8, 4) is 0 Å². The first-order valence-electron chi connectivity index (χ1n) is 3.35. The molecular weight excluding hydrogens is 140 g/mol. The zero-order valence-electron chi connectivity index (χ0n) is 6.03. The minimum atomic E-state index is -0.395. The largest absolute Gasteiger partial charge is 0.339 e. The highest BCUT2D eigenvalue weighted by Gasteiger charge is 2.00. The zero-order valence-corrected chi connectivity index (χ0v) is 6.03. The first-order valence-corrected chi connectivity index (χ1v) is 3.35. The van der Waals surface area contributed by atoms with Gasteiger partial charge in [-0.3, -0.25) is 4.79 Å². The maximum atomic E-state index is 10.00. The van der Waals surface area contributed by atoms with Crippen molar-refractivity contribution in [1.29, 1.82) is 0 Å². The predicted molar refractivity (Wildman–Crippen MR) is 42.6 cm³/mol. The van der Waals surface area contributed by atoms with E-state index in [1.54, 1.807) is 0 Å². The van der Waals surface area contributed by atoms with E-state index in [0.29, 0.717) is 6.41 Å². The Kier molecular flexibility index (Phi) is 2.63. The van der Waals surface area contributed by atoms with Gasteiger partial charge >= 0.3 is 0 Å². The van der Waals surface area contributed by atoms with Gasteiger partial charge in [-0.1, -0.05) is 30.3 Å². The van der Waals surface area contributed by atoms with Gasteiger partial charge in [-0.25, -0.2) is 0 Å². The molecule has 0 heterocycles. The SMILES string of the molecule is N[C@H](NC=O)c1ccccc1. The van der Waals surface area contributed by atoms with Crippen LogP contribution in [0.25, 0.3) is 0 Å². The van der Waals surface area contributed by atoms with Crippen molar-refractivity contribution in [3.05, 3.63) is 35.9 Å². The molecule has 1 amide bonds. The summed E-state index contributed by atoms with van der Waals surface area (Å²) in [6, 6.07) is 9.38. The smallest absolute Gasteiger partial charge is 0.208 e. The van der Waals surface area contributed by atoms with Gasteiger partial charge in [0, 0.05) is 0 Å². The van der Waals surface area contributed by atoms with Crippen molar-refractivity contribution in [2.75, 3.05) is 0 Å². The molecule has 0 spiro atoms. The van der Waals surface area contributed by atoms with Crippen LogP contribution in [0.15, 0.2) is 30.3 Å². The minimum absolute atomic E-state index is 0.395. The summed E-state index contributed by atoms with van der Waals surface area (Å²) >= 11 is 0. The van der Waals surface area contributed by atoms with Crippen LogP contribution in [0.3, 0.4) is 0 Å². The number of carbonyl (C=O) groups excluding carboxylic acids is 1. The van der Waals surface area contributed by atoms with Crippen molar-refractivity contribution in [3.63, 3.8) is 0 Å². The number of nitrogens with one attached hydrogen (secondary N) is 1. The molecule has 0 fully saturated rings. The van der Waals surface area contributed by atoms with Crippen LogP contribution in [0.4, 0.5) is 0 Å². The van der Waals surface area contributed by atoms with Gasteiger partial charge in [-0.15, -0.1) is 0 Å². The maximum Gasteiger partial charge on any atom is 0.208 e. The molecule has 1 atom stereocenters. The van der Waals surface area contributed by atoms with Crippen LogP contribution in [0.1, 0.15) is 11.7 Å². The van der Waals surface area contributed by atoms with Crippen molar-refractivity contribution < 1.29 is 4.79 Å². The molecule has 0 radical (unpaired) electrons. The van der Waals surface area contributed by atoms with Crippen LogP contribution >= 0.6 is 0 Å². The third-order valence-electron chi connectivity index (χ3n) is 1.41. The lowest BCUT2D eigenvalue weighted by Gasteiger charge is -2.08. The predicted octanol–water partition coefficient (Wildman–Crippen LogP) is 0.390. The lowest BCUT2D eigenvalue weighted by molar-refractivity contribution is -0.110. The van der Waals surface area contributed by atoms with Crippen LogP contribution in [0.5, 0.6) is 0 Å². The number of hydrogen-bond donors (Lipinski definition) is 2. The number of amides is 1. The van der Waals surface area contributed by atoms with E-state index in [1.165, 1.54) is 0 Å². The van der Waals surface area contributed by atoms with E-state index in [1.807, 2.05) is 30.3 Å². The van der Waals surface area contributed by atoms with Crippen LogP contribution in [0.2, 0.25) is 0 Å². The van der Waals surface area contributed by atoms with Gasteiger partial charge < -0.3 is 11.1 Å². The highest BCUT2D eigenvalue weighted by Crippen LogP contribution is 2.04. The van der Waals surface area contributed by atoms with E-state index in [-0.39, 0.29) is 0 Å². The Bertz CT molecular complexity index is 223. The molecule has 0 saturated carbocycles. The topological polar surface area (TPSA) is 55.1 Å². The summed E-state index contributed by atoms with van der Waals surface area (Å²) in [7, 11) is 0. The van der Waals surface area contributed by atoms with E-state index >= 15 is 0 Å². The van der Waals surface area contributed by atoms with Crippen molar-refractivity contribution in [2.24, 2.45) is 5.73 Å². The molecule has 0 unspecified atom stereocenters. The maximum absolute atomic E-state index is 10.00. The lowest BCUT2D eigenvalue weighted by Crippen LogP contribution is -2.27. The standard InChI is InChI=1S/C8H10N2O/c9-8(10-6-11)7-4-2-1-3-5-7/h1-6,8H,9H2,(H,10,11)/t8-/m1/s1. The monoisotopic (exact) mass is 150 g/mol. The molecule has 3 N–H and O–H groups in total. The van der Waals surface area contributed by atoms with Crippen LogP contribution < -0.4 is 11.1 Å². The Hall–Kier alpha value is -1.35. The van der Waals surface area contributed by atoms with Crippen molar-refractivity contribution in [2.45, 2.75) is 6.17 Å². The number of benzene rings is 1. The molecule has 3 heteroatoms. The average Bonchev–Trinajstić information content (AvgIpc) is 2.07. The summed E-state index contributed by atoms with van der Waals surface area (Å²) in [5.74, 6) is 0. The molecule has 0 aromatic heterocycles. The van der Waals surface area contributed by atoms with E-state index < -0.39 is 6.17 Å². The van der Waals surface area contributed by atoms with Gasteiger partial charge in [-0.2, -0.15) is 0 Å². The van der Waals surface area contributed by atoms with Gasteiger partial charge in [0.05, 0.1) is 0 Å². The summed E-state index contributed by atoms with van der Waals surface area (Å²) in [5, 5.41) is 2.46. The molecule has 1 aromatic rings. The van der Waals surface area contributed by atoms with Gasteiger partial charge in [-0.05, 0) is 5.56 Å². The number of hydrogen-bond acceptors (Lipinski definition) is 2. The zero-order chi connectivity index (χ0) is 8.10. The Morgan fingerprint density at radius 1 is 1.36 bits per heavy atom. The number of rotatable bonds is 3. The lowest BCUT2D eigenvalue weighted by atomic mass is 10.2. The van der Waals surface area contributed by atoms with Crippen molar-refractivity contribution >= 4 is 6.41 Å². The highest BCUT2D eigenvalue weighted by atomic mass is 16.1. The molecule has 3 nitrogen and oxygen atoms in total. The Labute approximate surface area is 65.2 Å². The van der Waals surface area contributed by atoms with Gasteiger partial charge in [0.15, 0.2) is 0 Å². The normalized spacial score (nSPS) is 12.1. The third kappa shape index (κ3) is 2.05. The summed E-state index contributed by atoms with van der Waals surface area (Å²) in [6.07, 6.45) is 0.200. The van der Waals surface area contributed by atoms with Crippen LogP contribution in [0, 0.1) is 0 Å². The van der Waals surface area contributed by atoms with Crippen LogP contribution in [-0.4, -0.2) is 6.41 Å². The van der Waals surface area contributed by atoms with E-state index in [0.717, 1.165) is 5.56 Å². The molecule has 11 heavy (non-hydrogen) atoms. The summed E-state index contributed by atoms with van der Waals surface area (Å²) in [5.41, 5.74) is 6.47. The third-order valence-corrected chi connectivity index (χ3v) is 1.41. The Morgan fingerprint density at radius 2 is 2.00 bits per heavy atom. The quantitative estimate of drug-likeness (QED) is 0.483. The fraction of sp³-hybridized carbons (Fsp3) is 0.125. The number of carbonyl (C=O) groups is 1. The summed E-state index contributed by atoms with van der Waals surface area (Å²) in [6.45, 7) is 0. The molecule has 1 rings (SSSR count). The summed E-state index contributed by atoms with van der Waals surface area (Å²) in [4.78, 5) is 10.00. The highest BCUT2D eigenvalue weighted by molar-refractivity contribution is 5.47. The molecule has 58 valence electrons. The average molecular weight is 150 g/mol. The van der Waals surface area contributed by atoms with E-state index in [4.69, 9.17) is 5.73 Å². The second-order valence-electron chi connectivity index (χ2n) is 2.17. The second kappa shape index (κ2) is 3.73. The fourth-order valence-electron chi connectivity index (χ4n) is 0.830. The molecule has 0 aliphatic carbocycles. The van der Waals surface area contributed by atoms with Gasteiger partial charge in [0.25, 0.3) is 0 Å². The molecule has 0 bridgehead atoms. The number of nitrogens with two attached hydrogens (primary N) is 1. The second-order valence-corrected chi connectivity index (χ2v) is 2.17. The van der Waals surface area contributed by atoms with Crippen molar-refractivity contribution in [1.82, 2.24) is 5.32 Å². The Balaban J connectivity index is 2.68. The van der Waals surface area contributed by atoms with Crippen LogP contribution in [-0.2, 0) is 4.79 Å². The molecule has 0 saturated heterocycles. The molecule has 0 aliphatic heterocycles.